The molecule has 0 aliphatic rings. The topological polar surface area (TPSA) is 65.2 Å². The second-order valence-electron chi connectivity index (χ2n) is 3.74. The van der Waals surface area contributed by atoms with Gasteiger partial charge in [0.1, 0.15) is 16.5 Å². The molecule has 8 heteroatoms. The Balaban J connectivity index is 2.24. The molecule has 1 aromatic carbocycles. The lowest BCUT2D eigenvalue weighted by Gasteiger charge is -2.09. The van der Waals surface area contributed by atoms with Crippen molar-refractivity contribution in [3.05, 3.63) is 45.9 Å². The van der Waals surface area contributed by atoms with Gasteiger partial charge < -0.3 is 10.5 Å². The standard InChI is InChI=1S/C12H9F3N2O2S/c13-12(14,15)19-8-3-1-2-7(4-8)11(18)9-6-20-10(5-16)17-9/h1-4,6H,5,16H2. The van der Waals surface area contributed by atoms with E-state index < -0.39 is 17.9 Å². The predicted molar refractivity (Wildman–Crippen MR) is 66.6 cm³/mol. The van der Waals surface area contributed by atoms with Crippen LogP contribution in [0.1, 0.15) is 21.1 Å². The van der Waals surface area contributed by atoms with Gasteiger partial charge in [-0.3, -0.25) is 4.79 Å². The smallest absolute Gasteiger partial charge is 0.406 e. The average molecular weight is 302 g/mol. The molecule has 0 saturated carbocycles. The molecule has 0 saturated heterocycles. The second kappa shape index (κ2) is 5.59. The van der Waals surface area contributed by atoms with Gasteiger partial charge in [0.05, 0.1) is 0 Å². The molecule has 106 valence electrons. The zero-order valence-corrected chi connectivity index (χ0v) is 10.8. The van der Waals surface area contributed by atoms with Crippen LogP contribution in [0, 0.1) is 0 Å². The Morgan fingerprint density at radius 3 is 2.75 bits per heavy atom. The van der Waals surface area contributed by atoms with Gasteiger partial charge in [-0.15, -0.1) is 24.5 Å². The van der Waals surface area contributed by atoms with Gasteiger partial charge >= 0.3 is 6.36 Å². The normalized spacial score (nSPS) is 11.4. The van der Waals surface area contributed by atoms with Gasteiger partial charge in [-0.1, -0.05) is 12.1 Å². The van der Waals surface area contributed by atoms with Crippen LogP contribution >= 0.6 is 11.3 Å². The van der Waals surface area contributed by atoms with E-state index in [0.717, 1.165) is 12.1 Å². The Morgan fingerprint density at radius 2 is 2.15 bits per heavy atom. The van der Waals surface area contributed by atoms with Crippen LogP contribution in [0.4, 0.5) is 13.2 Å². The molecule has 1 heterocycles. The van der Waals surface area contributed by atoms with Crippen LogP contribution in [-0.4, -0.2) is 17.1 Å². The molecule has 4 nitrogen and oxygen atoms in total. The molecular weight excluding hydrogens is 293 g/mol. The number of benzene rings is 1. The van der Waals surface area contributed by atoms with Crippen molar-refractivity contribution in [3.63, 3.8) is 0 Å². The van der Waals surface area contributed by atoms with Crippen molar-refractivity contribution in [3.8, 4) is 5.75 Å². The SMILES string of the molecule is NCc1nc(C(=O)c2cccc(OC(F)(F)F)c2)cs1. The highest BCUT2D eigenvalue weighted by Gasteiger charge is 2.31. The third-order valence-corrected chi connectivity index (χ3v) is 3.16. The van der Waals surface area contributed by atoms with Crippen LogP contribution in [0.25, 0.3) is 0 Å². The first-order valence-electron chi connectivity index (χ1n) is 5.44. The Labute approximate surface area is 116 Å². The minimum absolute atomic E-state index is 0.0700. The molecule has 0 unspecified atom stereocenters. The lowest BCUT2D eigenvalue weighted by Crippen LogP contribution is -2.17. The molecule has 20 heavy (non-hydrogen) atoms. The number of hydrogen-bond acceptors (Lipinski definition) is 5. The maximum Gasteiger partial charge on any atom is 0.573 e. The van der Waals surface area contributed by atoms with E-state index in [0.29, 0.717) is 5.01 Å². The number of nitrogens with two attached hydrogens (primary N) is 1. The Bertz CT molecular complexity index is 625. The Morgan fingerprint density at radius 1 is 1.40 bits per heavy atom. The number of ketones is 1. The first-order chi connectivity index (χ1) is 9.39. The number of hydrogen-bond donors (Lipinski definition) is 1. The number of ether oxygens (including phenoxy) is 1. The lowest BCUT2D eigenvalue weighted by molar-refractivity contribution is -0.274. The minimum atomic E-state index is -4.80. The van der Waals surface area contributed by atoms with Crippen molar-refractivity contribution in [2.24, 2.45) is 5.73 Å². The third kappa shape index (κ3) is 3.55. The monoisotopic (exact) mass is 302 g/mol. The van der Waals surface area contributed by atoms with Crippen molar-refractivity contribution in [1.82, 2.24) is 4.98 Å². The van der Waals surface area contributed by atoms with E-state index in [2.05, 4.69) is 9.72 Å². The van der Waals surface area contributed by atoms with Gasteiger partial charge in [-0.2, -0.15) is 0 Å². The van der Waals surface area contributed by atoms with Gasteiger partial charge in [0.2, 0.25) is 5.78 Å². The molecule has 0 atom stereocenters. The zero-order valence-electron chi connectivity index (χ0n) is 9.98. The van der Waals surface area contributed by atoms with E-state index in [-0.39, 0.29) is 17.8 Å². The van der Waals surface area contributed by atoms with Crippen molar-refractivity contribution < 1.29 is 22.7 Å². The van der Waals surface area contributed by atoms with Gasteiger partial charge in [0.15, 0.2) is 0 Å². The quantitative estimate of drug-likeness (QED) is 0.882. The molecule has 0 aliphatic heterocycles. The van der Waals surface area contributed by atoms with Gasteiger partial charge in [0, 0.05) is 17.5 Å². The van der Waals surface area contributed by atoms with E-state index in [1.165, 1.54) is 28.8 Å². The first-order valence-corrected chi connectivity index (χ1v) is 6.32. The minimum Gasteiger partial charge on any atom is -0.406 e. The van der Waals surface area contributed by atoms with Gasteiger partial charge in [-0.25, -0.2) is 4.98 Å². The number of nitrogens with zero attached hydrogens (tertiary/aromatic N) is 1. The fourth-order valence-corrected chi connectivity index (χ4v) is 2.15. The number of alkyl halides is 3. The largest absolute Gasteiger partial charge is 0.573 e. The van der Waals surface area contributed by atoms with E-state index >= 15 is 0 Å². The molecule has 2 aromatic rings. The first kappa shape index (κ1) is 14.5. The average Bonchev–Trinajstić information content (AvgIpc) is 2.85. The van der Waals surface area contributed by atoms with Crippen LogP contribution in [-0.2, 0) is 6.54 Å². The number of carbonyl (C=O) groups is 1. The summed E-state index contributed by atoms with van der Waals surface area (Å²) in [5, 5.41) is 2.10. The fraction of sp³-hybridized carbons (Fsp3) is 0.167. The summed E-state index contributed by atoms with van der Waals surface area (Å²) in [5.74, 6) is -0.925. The highest BCUT2D eigenvalue weighted by molar-refractivity contribution is 7.09. The predicted octanol–water partition coefficient (Wildman–Crippen LogP) is 2.73. The number of rotatable bonds is 4. The van der Waals surface area contributed by atoms with Gasteiger partial charge in [0.25, 0.3) is 0 Å². The van der Waals surface area contributed by atoms with Crippen LogP contribution in [0.15, 0.2) is 29.6 Å². The molecular formula is C12H9F3N2O2S. The van der Waals surface area contributed by atoms with E-state index in [4.69, 9.17) is 5.73 Å². The van der Waals surface area contributed by atoms with Crippen molar-refractivity contribution in [1.29, 1.82) is 0 Å². The third-order valence-electron chi connectivity index (χ3n) is 2.29. The maximum atomic E-state index is 12.1. The summed E-state index contributed by atoms with van der Waals surface area (Å²) in [6.45, 7) is 0.204. The molecule has 0 amide bonds. The summed E-state index contributed by atoms with van der Waals surface area (Å²) in [6.07, 6.45) is -4.80. The summed E-state index contributed by atoms with van der Waals surface area (Å²) in [5.41, 5.74) is 5.61. The van der Waals surface area contributed by atoms with Gasteiger partial charge in [-0.05, 0) is 12.1 Å². The van der Waals surface area contributed by atoms with Crippen molar-refractivity contribution in [2.45, 2.75) is 12.9 Å². The van der Waals surface area contributed by atoms with Crippen LogP contribution < -0.4 is 10.5 Å². The fourth-order valence-electron chi connectivity index (χ4n) is 1.49. The van der Waals surface area contributed by atoms with Crippen LogP contribution in [0.5, 0.6) is 5.75 Å². The second-order valence-corrected chi connectivity index (χ2v) is 4.68. The number of halogens is 3. The zero-order chi connectivity index (χ0) is 14.8. The van der Waals surface area contributed by atoms with E-state index in [9.17, 15) is 18.0 Å². The lowest BCUT2D eigenvalue weighted by atomic mass is 10.1. The molecule has 2 N–H and O–H groups in total. The molecule has 0 bridgehead atoms. The highest BCUT2D eigenvalue weighted by Crippen LogP contribution is 2.24. The Kier molecular flexibility index (Phi) is 4.05. The number of carbonyl (C=O) groups excluding carboxylic acids is 1. The van der Waals surface area contributed by atoms with Crippen molar-refractivity contribution in [2.75, 3.05) is 0 Å². The maximum absolute atomic E-state index is 12.1. The number of thiazole rings is 1. The molecule has 0 radical (unpaired) electrons. The van der Waals surface area contributed by atoms with Crippen LogP contribution in [0.3, 0.4) is 0 Å². The molecule has 1 aromatic heterocycles. The highest BCUT2D eigenvalue weighted by atomic mass is 32.1. The molecule has 0 aliphatic carbocycles. The Hall–Kier alpha value is -1.93. The summed E-state index contributed by atoms with van der Waals surface area (Å²) in [4.78, 5) is 16.1. The summed E-state index contributed by atoms with van der Waals surface area (Å²) in [6, 6.07) is 4.85. The van der Waals surface area contributed by atoms with Crippen molar-refractivity contribution >= 4 is 17.1 Å². The van der Waals surface area contributed by atoms with E-state index in [1.807, 2.05) is 0 Å². The van der Waals surface area contributed by atoms with Crippen LogP contribution in [0.2, 0.25) is 0 Å². The van der Waals surface area contributed by atoms with E-state index in [1.54, 1.807) is 0 Å². The molecule has 0 fully saturated rings. The molecule has 2 rings (SSSR count). The summed E-state index contributed by atoms with van der Waals surface area (Å²) >= 11 is 1.22. The number of aromatic nitrogens is 1. The summed E-state index contributed by atoms with van der Waals surface area (Å²) in [7, 11) is 0. The molecule has 0 spiro atoms. The summed E-state index contributed by atoms with van der Waals surface area (Å²) < 4.78 is 40.1.